The molecule has 0 heterocycles. The molecule has 0 spiro atoms. The zero-order valence-corrected chi connectivity index (χ0v) is 35.7. The van der Waals surface area contributed by atoms with Gasteiger partial charge in [-0.3, -0.25) is 0 Å². The maximum atomic E-state index is 10.2. The summed E-state index contributed by atoms with van der Waals surface area (Å²) in [6.45, 7) is 36.5. The van der Waals surface area contributed by atoms with E-state index < -0.39 is 55.8 Å². The molecule has 0 aliphatic rings. The zero-order chi connectivity index (χ0) is 32.6. The van der Waals surface area contributed by atoms with E-state index in [4.69, 9.17) is 25.9 Å². The van der Waals surface area contributed by atoms with Gasteiger partial charge in [-0.2, -0.15) is 0 Å². The van der Waals surface area contributed by atoms with E-state index in [1.165, 1.54) is 0 Å². The van der Waals surface area contributed by atoms with Gasteiger partial charge >= 0.3 is 17.1 Å². The highest BCUT2D eigenvalue weighted by Crippen LogP contribution is 2.34. The van der Waals surface area contributed by atoms with Crippen LogP contribution in [0.1, 0.15) is 26.7 Å². The summed E-state index contributed by atoms with van der Waals surface area (Å²) in [6, 6.07) is 0. The Kier molecular flexibility index (Phi) is 16.9. The van der Waals surface area contributed by atoms with Gasteiger partial charge in [0.1, 0.15) is 0 Å². The summed E-state index contributed by atoms with van der Waals surface area (Å²) in [4.78, 5) is 0. The van der Waals surface area contributed by atoms with Crippen molar-refractivity contribution in [2.75, 3.05) is 39.6 Å². The Bertz CT molecular complexity index is 652. The molecule has 0 radical (unpaired) electrons. The molecule has 0 aromatic carbocycles. The third kappa shape index (κ3) is 17.9. The van der Waals surface area contributed by atoms with Crippen molar-refractivity contribution in [1.82, 2.24) is 0 Å². The molecule has 0 saturated heterocycles. The molecule has 8 nitrogen and oxygen atoms in total. The fraction of sp³-hybridized carbons (Fsp3) is 1.00. The van der Waals surface area contributed by atoms with Crippen LogP contribution in [-0.4, -0.2) is 100 Å². The Morgan fingerprint density at radius 1 is 0.488 bits per heavy atom. The molecule has 2 atom stereocenters. The van der Waals surface area contributed by atoms with Crippen molar-refractivity contribution in [1.29, 1.82) is 0 Å². The lowest BCUT2D eigenvalue weighted by Gasteiger charge is -2.42. The van der Waals surface area contributed by atoms with E-state index in [1.807, 2.05) is 0 Å². The molecule has 14 heteroatoms. The van der Waals surface area contributed by atoms with Crippen molar-refractivity contribution < 1.29 is 36.1 Å². The summed E-state index contributed by atoms with van der Waals surface area (Å²) in [5.74, 6) is 0. The Labute approximate surface area is 260 Å². The summed E-state index contributed by atoms with van der Waals surface area (Å²) in [5, 5.41) is 20.4. The first-order valence-electron chi connectivity index (χ1n) is 15.4. The smallest absolute Gasteiger partial charge is 0.317 e. The number of hydrogen-bond donors (Lipinski definition) is 2. The van der Waals surface area contributed by atoms with Crippen LogP contribution in [0.5, 0.6) is 0 Å². The lowest BCUT2D eigenvalue weighted by molar-refractivity contribution is -0.0777. The quantitative estimate of drug-likeness (QED) is 0.0919. The predicted octanol–water partition coefficient (Wildman–Crippen LogP) is 7.10. The van der Waals surface area contributed by atoms with Crippen molar-refractivity contribution in [3.8, 4) is 0 Å². The summed E-state index contributed by atoms with van der Waals surface area (Å²) in [6.07, 6.45) is 1.61. The Morgan fingerprint density at radius 3 is 0.927 bits per heavy atom. The Balaban J connectivity index is 5.09. The minimum atomic E-state index is -2.41. The highest BCUT2D eigenvalue weighted by atomic mass is 28.5. The van der Waals surface area contributed by atoms with Gasteiger partial charge in [-0.1, -0.05) is 13.8 Å². The summed E-state index contributed by atoms with van der Waals surface area (Å²) >= 11 is 0. The minimum absolute atomic E-state index is 0.206. The fourth-order valence-electron chi connectivity index (χ4n) is 4.77. The highest BCUT2D eigenvalue weighted by Gasteiger charge is 2.46. The second kappa shape index (κ2) is 16.5. The lowest BCUT2D eigenvalue weighted by atomic mass is 9.92. The molecule has 0 aromatic rings. The SMILES string of the molecule is CC(CCOCC(CO)(CO)COCCC(C)[Si](C)(O[Si](C)(C)C)O[Si](C)(C)C)[Si](C)(O[Si](C)(C)C)O[Si](C)(C)C. The van der Waals surface area contributed by atoms with E-state index in [1.54, 1.807) is 0 Å². The number of hydrogen-bond acceptors (Lipinski definition) is 8. The Morgan fingerprint density at radius 2 is 0.732 bits per heavy atom. The second-order valence-electron chi connectivity index (χ2n) is 16.2. The zero-order valence-electron chi connectivity index (χ0n) is 29.7. The van der Waals surface area contributed by atoms with Gasteiger partial charge in [-0.25, -0.2) is 0 Å². The van der Waals surface area contributed by atoms with E-state index in [-0.39, 0.29) is 37.5 Å². The van der Waals surface area contributed by atoms with Gasteiger partial charge in [0.2, 0.25) is 0 Å². The molecule has 0 amide bonds. The van der Waals surface area contributed by atoms with E-state index in [2.05, 4.69) is 106 Å². The van der Waals surface area contributed by atoms with Crippen LogP contribution in [0.2, 0.25) is 103 Å². The third-order valence-corrected chi connectivity index (χ3v) is 27.1. The lowest BCUT2D eigenvalue weighted by Crippen LogP contribution is -2.55. The molecule has 0 bridgehead atoms. The van der Waals surface area contributed by atoms with Gasteiger partial charge in [0.05, 0.1) is 31.8 Å². The summed E-state index contributed by atoms with van der Waals surface area (Å²) in [5.41, 5.74) is -0.334. The minimum Gasteiger partial charge on any atom is -0.436 e. The topological polar surface area (TPSA) is 95.8 Å². The standard InChI is InChI=1S/C27H68O8Si6/c1-25(40(15,32-36(3,4)5)33-37(6,7)8)17-19-30-23-27(21-28,22-29)24-31-20-18-26(2)41(16,34-38(9,10)11)35-39(12,13)14/h25-26,28-29H,17-24H2,1-16H3. The molecule has 2 N–H and O–H groups in total. The first-order chi connectivity index (χ1) is 18.2. The van der Waals surface area contributed by atoms with E-state index in [0.29, 0.717) is 13.2 Å². The first-order valence-corrected chi connectivity index (χ1v) is 33.8. The monoisotopic (exact) mass is 688 g/mol. The van der Waals surface area contributed by atoms with Crippen LogP contribution in [0.3, 0.4) is 0 Å². The summed E-state index contributed by atoms with van der Waals surface area (Å²) in [7, 11) is -11.9. The van der Waals surface area contributed by atoms with Crippen molar-refractivity contribution in [3.05, 3.63) is 0 Å². The van der Waals surface area contributed by atoms with E-state index in [9.17, 15) is 10.2 Å². The molecule has 0 aromatic heterocycles. The molecule has 0 aliphatic heterocycles. The number of ether oxygens (including phenoxy) is 2. The van der Waals surface area contributed by atoms with E-state index >= 15 is 0 Å². The molecule has 0 saturated carbocycles. The van der Waals surface area contributed by atoms with Crippen molar-refractivity contribution >= 4 is 50.4 Å². The van der Waals surface area contributed by atoms with Gasteiger partial charge in [0, 0.05) is 24.3 Å². The van der Waals surface area contributed by atoms with Crippen LogP contribution in [0, 0.1) is 5.41 Å². The van der Waals surface area contributed by atoms with Crippen LogP contribution < -0.4 is 0 Å². The van der Waals surface area contributed by atoms with Crippen molar-refractivity contribution in [2.24, 2.45) is 5.41 Å². The molecule has 0 rings (SSSR count). The molecular formula is C27H68O8Si6. The maximum absolute atomic E-state index is 10.2. The van der Waals surface area contributed by atoms with E-state index in [0.717, 1.165) is 12.8 Å². The number of aliphatic hydroxyl groups excluding tert-OH is 2. The number of rotatable bonds is 22. The van der Waals surface area contributed by atoms with Gasteiger partial charge in [0.25, 0.3) is 0 Å². The highest BCUT2D eigenvalue weighted by molar-refractivity contribution is 6.89. The molecule has 0 aliphatic carbocycles. The first kappa shape index (κ1) is 42.0. The fourth-order valence-corrected chi connectivity index (χ4v) is 29.8. The molecule has 2 unspecified atom stereocenters. The van der Waals surface area contributed by atoms with Gasteiger partial charge in [-0.05, 0) is 104 Å². The predicted molar refractivity (Wildman–Crippen MR) is 187 cm³/mol. The van der Waals surface area contributed by atoms with Crippen molar-refractivity contribution in [2.45, 2.75) is 129 Å². The van der Waals surface area contributed by atoms with Gasteiger partial charge < -0.3 is 36.1 Å². The third-order valence-electron chi connectivity index (χ3n) is 6.70. The second-order valence-corrected chi connectivity index (χ2v) is 42.4. The van der Waals surface area contributed by atoms with Gasteiger partial charge in [0.15, 0.2) is 33.3 Å². The Hall–Kier alpha value is 0.981. The van der Waals surface area contributed by atoms with Crippen molar-refractivity contribution in [3.63, 3.8) is 0 Å². The van der Waals surface area contributed by atoms with Crippen LogP contribution >= 0.6 is 0 Å². The van der Waals surface area contributed by atoms with Crippen LogP contribution in [0.25, 0.3) is 0 Å². The maximum Gasteiger partial charge on any atom is 0.317 e. The largest absolute Gasteiger partial charge is 0.436 e. The van der Waals surface area contributed by atoms with Gasteiger partial charge in [-0.15, -0.1) is 0 Å². The van der Waals surface area contributed by atoms with Crippen LogP contribution in [0.4, 0.5) is 0 Å². The summed E-state index contributed by atoms with van der Waals surface area (Å²) < 4.78 is 38.9. The average Bonchev–Trinajstić information content (AvgIpc) is 2.72. The normalized spacial score (nSPS) is 16.2. The molecular weight excluding hydrogens is 621 g/mol. The molecule has 0 fully saturated rings. The van der Waals surface area contributed by atoms with Crippen LogP contribution in [-0.2, 0) is 25.9 Å². The van der Waals surface area contributed by atoms with Crippen LogP contribution in [0.15, 0.2) is 0 Å². The molecule has 41 heavy (non-hydrogen) atoms. The average molecular weight is 689 g/mol. The number of aliphatic hydroxyl groups is 2. The molecule has 248 valence electrons.